The number of nitrogens with one attached hydrogen (secondary N) is 1. The van der Waals surface area contributed by atoms with Crippen LogP contribution in [-0.2, 0) is 11.8 Å². The summed E-state index contributed by atoms with van der Waals surface area (Å²) in [4.78, 5) is 30.2. The van der Waals surface area contributed by atoms with E-state index < -0.39 is 0 Å². The van der Waals surface area contributed by atoms with Crippen molar-refractivity contribution in [3.63, 3.8) is 0 Å². The van der Waals surface area contributed by atoms with Crippen molar-refractivity contribution >= 4 is 17.8 Å². The van der Waals surface area contributed by atoms with Crippen molar-refractivity contribution in [1.82, 2.24) is 24.5 Å². The summed E-state index contributed by atoms with van der Waals surface area (Å²) < 4.78 is 1.66. The van der Waals surface area contributed by atoms with E-state index in [1.165, 1.54) is 0 Å². The lowest BCUT2D eigenvalue weighted by Crippen LogP contribution is -2.52. The lowest BCUT2D eigenvalue weighted by atomic mass is 10.3. The van der Waals surface area contributed by atoms with Gasteiger partial charge >= 0.3 is 6.03 Å². The summed E-state index contributed by atoms with van der Waals surface area (Å²) in [7, 11) is 1.80. The van der Waals surface area contributed by atoms with Gasteiger partial charge in [0.25, 0.3) is 0 Å². The first kappa shape index (κ1) is 18.3. The van der Waals surface area contributed by atoms with Gasteiger partial charge in [-0.05, 0) is 20.8 Å². The summed E-state index contributed by atoms with van der Waals surface area (Å²) in [5.41, 5.74) is 0.868. The molecule has 2 rings (SSSR count). The number of urea groups is 1. The third-order valence-corrected chi connectivity index (χ3v) is 4.37. The Hall–Kier alpha value is -2.09. The van der Waals surface area contributed by atoms with Gasteiger partial charge in [-0.3, -0.25) is 19.7 Å². The molecule has 1 fully saturated rings. The van der Waals surface area contributed by atoms with Crippen molar-refractivity contribution in [2.45, 2.75) is 20.8 Å². The molecular weight excluding hydrogens is 308 g/mol. The standard InChI is InChI=1S/C16H28N6O2/c1-5-21(6-2)15(23)12-20-7-9-22(10-8-20)16(24)17-14-11-13(3)18-19(14)4/h11H,5-10,12H2,1-4H3,(H,17,24). The Morgan fingerprint density at radius 2 is 1.83 bits per heavy atom. The second kappa shape index (κ2) is 8.14. The van der Waals surface area contributed by atoms with E-state index >= 15 is 0 Å². The summed E-state index contributed by atoms with van der Waals surface area (Å²) in [6.45, 7) is 10.4. The summed E-state index contributed by atoms with van der Waals surface area (Å²) in [6.07, 6.45) is 0. The zero-order valence-electron chi connectivity index (χ0n) is 15.1. The monoisotopic (exact) mass is 336 g/mol. The number of nitrogens with zero attached hydrogens (tertiary/aromatic N) is 5. The summed E-state index contributed by atoms with van der Waals surface area (Å²) in [5, 5.41) is 7.11. The van der Waals surface area contributed by atoms with Crippen molar-refractivity contribution in [2.75, 3.05) is 51.1 Å². The molecule has 1 aromatic rings. The molecule has 0 aromatic carbocycles. The van der Waals surface area contributed by atoms with E-state index in [4.69, 9.17) is 0 Å². The minimum atomic E-state index is -0.118. The van der Waals surface area contributed by atoms with Crippen LogP contribution in [0.3, 0.4) is 0 Å². The molecule has 8 nitrogen and oxygen atoms in total. The Morgan fingerprint density at radius 3 is 2.33 bits per heavy atom. The Bertz CT molecular complexity index is 573. The normalized spacial score (nSPS) is 15.4. The Morgan fingerprint density at radius 1 is 1.21 bits per heavy atom. The van der Waals surface area contributed by atoms with Gasteiger partial charge in [0, 0.05) is 52.4 Å². The maximum absolute atomic E-state index is 12.3. The van der Waals surface area contributed by atoms with Crippen LogP contribution in [0.5, 0.6) is 0 Å². The Kier molecular flexibility index (Phi) is 6.19. The van der Waals surface area contributed by atoms with E-state index in [9.17, 15) is 9.59 Å². The summed E-state index contributed by atoms with van der Waals surface area (Å²) in [5.74, 6) is 0.847. The van der Waals surface area contributed by atoms with Crippen molar-refractivity contribution in [3.05, 3.63) is 11.8 Å². The predicted octanol–water partition coefficient (Wildman–Crippen LogP) is 0.746. The van der Waals surface area contributed by atoms with Crippen LogP contribution < -0.4 is 5.32 Å². The fourth-order valence-electron chi connectivity index (χ4n) is 2.89. The SMILES string of the molecule is CCN(CC)C(=O)CN1CCN(C(=O)Nc2cc(C)nn2C)CC1. The highest BCUT2D eigenvalue weighted by atomic mass is 16.2. The smallest absolute Gasteiger partial charge is 0.323 e. The van der Waals surface area contributed by atoms with Crippen LogP contribution in [0, 0.1) is 6.92 Å². The Balaban J connectivity index is 1.80. The molecule has 1 saturated heterocycles. The number of carbonyl (C=O) groups is 2. The molecule has 8 heteroatoms. The van der Waals surface area contributed by atoms with Crippen LogP contribution in [0.1, 0.15) is 19.5 Å². The number of hydrogen-bond acceptors (Lipinski definition) is 4. The number of aromatic nitrogens is 2. The molecule has 0 radical (unpaired) electrons. The quantitative estimate of drug-likeness (QED) is 0.861. The highest BCUT2D eigenvalue weighted by molar-refractivity contribution is 5.88. The third kappa shape index (κ3) is 4.47. The second-order valence-corrected chi connectivity index (χ2v) is 6.05. The molecule has 0 spiro atoms. The van der Waals surface area contributed by atoms with Crippen molar-refractivity contribution in [3.8, 4) is 0 Å². The van der Waals surface area contributed by atoms with Crippen LogP contribution in [0.4, 0.5) is 10.6 Å². The van der Waals surface area contributed by atoms with E-state index in [-0.39, 0.29) is 11.9 Å². The van der Waals surface area contributed by atoms with Gasteiger partial charge < -0.3 is 9.80 Å². The first-order chi connectivity index (χ1) is 11.4. The van der Waals surface area contributed by atoms with Gasteiger partial charge in [0.2, 0.25) is 5.91 Å². The van der Waals surface area contributed by atoms with Crippen LogP contribution >= 0.6 is 0 Å². The molecule has 134 valence electrons. The van der Waals surface area contributed by atoms with Gasteiger partial charge in [0.1, 0.15) is 5.82 Å². The average molecular weight is 336 g/mol. The van der Waals surface area contributed by atoms with Crippen molar-refractivity contribution in [1.29, 1.82) is 0 Å². The second-order valence-electron chi connectivity index (χ2n) is 6.05. The Labute approximate surface area is 143 Å². The van der Waals surface area contributed by atoms with Gasteiger partial charge in [-0.25, -0.2) is 4.79 Å². The minimum Gasteiger partial charge on any atom is -0.342 e. The number of carbonyl (C=O) groups excluding carboxylic acids is 2. The lowest BCUT2D eigenvalue weighted by molar-refractivity contribution is -0.132. The number of anilines is 1. The average Bonchev–Trinajstić information content (AvgIpc) is 2.86. The number of amides is 3. The summed E-state index contributed by atoms with van der Waals surface area (Å²) in [6, 6.07) is 1.73. The van der Waals surface area contributed by atoms with Gasteiger partial charge in [0.15, 0.2) is 0 Å². The fraction of sp³-hybridized carbons (Fsp3) is 0.688. The van der Waals surface area contributed by atoms with Crippen LogP contribution in [-0.4, -0.2) is 82.2 Å². The molecule has 3 amide bonds. The maximum atomic E-state index is 12.3. The lowest BCUT2D eigenvalue weighted by Gasteiger charge is -2.35. The fourth-order valence-corrected chi connectivity index (χ4v) is 2.89. The zero-order valence-corrected chi connectivity index (χ0v) is 15.1. The number of rotatable bonds is 5. The maximum Gasteiger partial charge on any atom is 0.323 e. The van der Waals surface area contributed by atoms with Gasteiger partial charge in [-0.2, -0.15) is 5.10 Å². The van der Waals surface area contributed by atoms with Crippen molar-refractivity contribution < 1.29 is 9.59 Å². The molecule has 1 N–H and O–H groups in total. The molecule has 1 aromatic heterocycles. The topological polar surface area (TPSA) is 73.7 Å². The number of aryl methyl sites for hydroxylation is 2. The molecule has 1 aliphatic heterocycles. The van der Waals surface area contributed by atoms with E-state index in [1.807, 2.05) is 31.7 Å². The molecular formula is C16H28N6O2. The molecule has 2 heterocycles. The van der Waals surface area contributed by atoms with E-state index in [2.05, 4.69) is 15.3 Å². The van der Waals surface area contributed by atoms with Crippen LogP contribution in [0.25, 0.3) is 0 Å². The van der Waals surface area contributed by atoms with Gasteiger partial charge in [-0.1, -0.05) is 0 Å². The van der Waals surface area contributed by atoms with E-state index in [0.717, 1.165) is 18.8 Å². The van der Waals surface area contributed by atoms with E-state index in [0.29, 0.717) is 38.5 Å². The van der Waals surface area contributed by atoms with Crippen molar-refractivity contribution in [2.24, 2.45) is 7.05 Å². The zero-order chi connectivity index (χ0) is 17.7. The molecule has 0 bridgehead atoms. The molecule has 0 saturated carbocycles. The third-order valence-electron chi connectivity index (χ3n) is 4.37. The van der Waals surface area contributed by atoms with Crippen LogP contribution in [0.15, 0.2) is 6.07 Å². The number of hydrogen-bond donors (Lipinski definition) is 1. The first-order valence-electron chi connectivity index (χ1n) is 8.51. The van der Waals surface area contributed by atoms with Gasteiger partial charge in [0.05, 0.1) is 12.2 Å². The largest absolute Gasteiger partial charge is 0.342 e. The number of likely N-dealkylation sites (N-methyl/N-ethyl adjacent to an activating group) is 1. The highest BCUT2D eigenvalue weighted by Crippen LogP contribution is 2.10. The highest BCUT2D eigenvalue weighted by Gasteiger charge is 2.24. The number of piperazine rings is 1. The molecule has 24 heavy (non-hydrogen) atoms. The molecule has 0 unspecified atom stereocenters. The predicted molar refractivity (Wildman–Crippen MR) is 92.9 cm³/mol. The molecule has 0 aliphatic carbocycles. The first-order valence-corrected chi connectivity index (χ1v) is 8.51. The molecule has 1 aliphatic rings. The summed E-state index contributed by atoms with van der Waals surface area (Å²) >= 11 is 0. The van der Waals surface area contributed by atoms with Crippen LogP contribution in [0.2, 0.25) is 0 Å². The molecule has 0 atom stereocenters. The van der Waals surface area contributed by atoms with E-state index in [1.54, 1.807) is 16.6 Å². The minimum absolute atomic E-state index is 0.118. The van der Waals surface area contributed by atoms with Gasteiger partial charge in [-0.15, -0.1) is 0 Å².